The van der Waals surface area contributed by atoms with Gasteiger partial charge < -0.3 is 14.7 Å². The Balaban J connectivity index is 2.15. The van der Waals surface area contributed by atoms with Crippen molar-refractivity contribution in [2.75, 3.05) is 18.6 Å². The number of aliphatic carboxylic acids is 1. The number of hydrogen-bond acceptors (Lipinski definition) is 4. The molecule has 6 heteroatoms. The molecule has 1 aromatic rings. The van der Waals surface area contributed by atoms with Crippen LogP contribution in [0.5, 0.6) is 0 Å². The highest BCUT2D eigenvalue weighted by Crippen LogP contribution is 2.27. The fraction of sp³-hybridized carbons (Fsp3) is 0.400. The third kappa shape index (κ3) is 2.89. The molecule has 1 amide bonds. The van der Waals surface area contributed by atoms with E-state index >= 15 is 0 Å². The van der Waals surface area contributed by atoms with Crippen molar-refractivity contribution < 1.29 is 24.2 Å². The number of rotatable bonds is 4. The molecule has 0 aliphatic carbocycles. The summed E-state index contributed by atoms with van der Waals surface area (Å²) in [4.78, 5) is 35.9. The van der Waals surface area contributed by atoms with E-state index in [1.54, 1.807) is 31.2 Å². The van der Waals surface area contributed by atoms with Crippen molar-refractivity contribution in [3.63, 3.8) is 0 Å². The van der Waals surface area contributed by atoms with E-state index in [9.17, 15) is 14.4 Å². The third-order valence-electron chi connectivity index (χ3n) is 3.76. The molecule has 2 rings (SSSR count). The minimum atomic E-state index is -1.08. The molecule has 0 aromatic heterocycles. The average molecular weight is 291 g/mol. The summed E-state index contributed by atoms with van der Waals surface area (Å²) in [5.74, 6) is -3.15. The molecule has 1 N–H and O–H groups in total. The van der Waals surface area contributed by atoms with Gasteiger partial charge in [-0.1, -0.05) is 12.1 Å². The Morgan fingerprint density at radius 1 is 1.33 bits per heavy atom. The molecule has 1 aliphatic heterocycles. The number of hydrogen-bond donors (Lipinski definition) is 1. The van der Waals surface area contributed by atoms with Crippen molar-refractivity contribution in [3.05, 3.63) is 29.8 Å². The molecule has 1 aliphatic rings. The summed E-state index contributed by atoms with van der Waals surface area (Å²) in [6.07, 6.45) is 0.314. The smallest absolute Gasteiger partial charge is 0.316 e. The Morgan fingerprint density at radius 3 is 2.43 bits per heavy atom. The first-order chi connectivity index (χ1) is 9.95. The van der Waals surface area contributed by atoms with Gasteiger partial charge in [0.15, 0.2) is 0 Å². The number of carbonyl (C=O) groups excluding carboxylic acids is 2. The van der Waals surface area contributed by atoms with Crippen LogP contribution < -0.4 is 4.90 Å². The normalized spacial score (nSPS) is 19.4. The van der Waals surface area contributed by atoms with Gasteiger partial charge in [0.05, 0.1) is 13.0 Å². The first kappa shape index (κ1) is 15.0. The fourth-order valence-corrected chi connectivity index (χ4v) is 2.42. The summed E-state index contributed by atoms with van der Waals surface area (Å²) in [5.41, 5.74) is 1.43. The first-order valence-electron chi connectivity index (χ1n) is 6.67. The van der Waals surface area contributed by atoms with Crippen LogP contribution >= 0.6 is 0 Å². The number of amides is 1. The number of benzene rings is 1. The number of carboxylic acids is 1. The SMILES string of the molecule is COC(=O)C(C)c1ccc(N2CCC(C(=O)O)C2=O)cc1. The van der Waals surface area contributed by atoms with Gasteiger partial charge in [0.25, 0.3) is 0 Å². The Kier molecular flexibility index (Phi) is 4.26. The van der Waals surface area contributed by atoms with Gasteiger partial charge in [0.2, 0.25) is 5.91 Å². The second-order valence-electron chi connectivity index (χ2n) is 5.01. The molecule has 6 nitrogen and oxygen atoms in total. The van der Waals surface area contributed by atoms with E-state index in [4.69, 9.17) is 5.11 Å². The minimum absolute atomic E-state index is 0.314. The number of methoxy groups -OCH3 is 1. The first-order valence-corrected chi connectivity index (χ1v) is 6.67. The zero-order chi connectivity index (χ0) is 15.6. The predicted molar refractivity (Wildman–Crippen MR) is 75.0 cm³/mol. The second kappa shape index (κ2) is 5.95. The van der Waals surface area contributed by atoms with Gasteiger partial charge in [0.1, 0.15) is 5.92 Å². The van der Waals surface area contributed by atoms with Crippen LogP contribution in [0, 0.1) is 5.92 Å². The summed E-state index contributed by atoms with van der Waals surface area (Å²) in [6.45, 7) is 2.13. The van der Waals surface area contributed by atoms with Crippen molar-refractivity contribution in [2.24, 2.45) is 5.92 Å². The highest BCUT2D eigenvalue weighted by molar-refractivity contribution is 6.07. The molecule has 21 heavy (non-hydrogen) atoms. The van der Waals surface area contributed by atoms with Gasteiger partial charge in [-0.3, -0.25) is 14.4 Å². The lowest BCUT2D eigenvalue weighted by Crippen LogP contribution is -2.30. The zero-order valence-corrected chi connectivity index (χ0v) is 11.9. The van der Waals surface area contributed by atoms with Crippen LogP contribution in [-0.4, -0.2) is 36.6 Å². The molecule has 0 saturated carbocycles. The molecule has 1 saturated heterocycles. The van der Waals surface area contributed by atoms with Gasteiger partial charge in [0, 0.05) is 12.2 Å². The molecular weight excluding hydrogens is 274 g/mol. The maximum atomic E-state index is 12.0. The van der Waals surface area contributed by atoms with E-state index in [2.05, 4.69) is 4.74 Å². The molecule has 0 radical (unpaired) electrons. The van der Waals surface area contributed by atoms with Crippen LogP contribution in [0.1, 0.15) is 24.8 Å². The number of esters is 1. The topological polar surface area (TPSA) is 83.9 Å². The molecule has 0 spiro atoms. The maximum absolute atomic E-state index is 12.0. The molecule has 0 bridgehead atoms. The molecule has 1 fully saturated rings. The van der Waals surface area contributed by atoms with Crippen LogP contribution in [-0.2, 0) is 19.1 Å². The average Bonchev–Trinajstić information content (AvgIpc) is 2.87. The predicted octanol–water partition coefficient (Wildman–Crippen LogP) is 1.40. The van der Waals surface area contributed by atoms with Gasteiger partial charge in [-0.25, -0.2) is 0 Å². The van der Waals surface area contributed by atoms with Crippen molar-refractivity contribution in [3.8, 4) is 0 Å². The lowest BCUT2D eigenvalue weighted by atomic mass is 10.0. The van der Waals surface area contributed by atoms with Crippen LogP contribution in [0.15, 0.2) is 24.3 Å². The van der Waals surface area contributed by atoms with Gasteiger partial charge >= 0.3 is 11.9 Å². The highest BCUT2D eigenvalue weighted by atomic mass is 16.5. The Hall–Kier alpha value is -2.37. The summed E-state index contributed by atoms with van der Waals surface area (Å²) in [5, 5.41) is 8.95. The van der Waals surface area contributed by atoms with Crippen molar-refractivity contribution >= 4 is 23.5 Å². The Morgan fingerprint density at radius 2 is 1.95 bits per heavy atom. The molecule has 1 aromatic carbocycles. The molecule has 2 atom stereocenters. The lowest BCUT2D eigenvalue weighted by molar-refractivity contribution is -0.145. The van der Waals surface area contributed by atoms with Crippen molar-refractivity contribution in [1.82, 2.24) is 0 Å². The van der Waals surface area contributed by atoms with Crippen LogP contribution in [0.4, 0.5) is 5.69 Å². The van der Waals surface area contributed by atoms with Gasteiger partial charge in [-0.05, 0) is 31.0 Å². The van der Waals surface area contributed by atoms with E-state index in [-0.39, 0.29) is 11.9 Å². The molecule has 1 heterocycles. The van der Waals surface area contributed by atoms with Crippen LogP contribution in [0.2, 0.25) is 0 Å². The van der Waals surface area contributed by atoms with Crippen LogP contribution in [0.3, 0.4) is 0 Å². The number of carboxylic acid groups (broad SMARTS) is 1. The van der Waals surface area contributed by atoms with E-state index < -0.39 is 17.8 Å². The summed E-state index contributed by atoms with van der Waals surface area (Å²) >= 11 is 0. The number of nitrogens with zero attached hydrogens (tertiary/aromatic N) is 1. The number of ether oxygens (including phenoxy) is 1. The summed E-state index contributed by atoms with van der Waals surface area (Å²) in [6, 6.07) is 6.93. The Labute approximate surface area is 122 Å². The van der Waals surface area contributed by atoms with Gasteiger partial charge in [-0.15, -0.1) is 0 Å². The molecule has 112 valence electrons. The quantitative estimate of drug-likeness (QED) is 0.669. The van der Waals surface area contributed by atoms with Crippen LogP contribution in [0.25, 0.3) is 0 Å². The minimum Gasteiger partial charge on any atom is -0.481 e. The third-order valence-corrected chi connectivity index (χ3v) is 3.76. The Bertz CT molecular complexity index is 566. The van der Waals surface area contributed by atoms with E-state index in [1.807, 2.05) is 0 Å². The monoisotopic (exact) mass is 291 g/mol. The largest absolute Gasteiger partial charge is 0.481 e. The van der Waals surface area contributed by atoms with Crippen molar-refractivity contribution in [1.29, 1.82) is 0 Å². The lowest BCUT2D eigenvalue weighted by Gasteiger charge is -2.17. The number of anilines is 1. The zero-order valence-electron chi connectivity index (χ0n) is 11.9. The standard InChI is InChI=1S/C15H17NO5/c1-9(15(20)21-2)10-3-5-11(6-4-10)16-8-7-12(13(16)17)14(18)19/h3-6,9,12H,7-8H2,1-2H3,(H,18,19). The van der Waals surface area contributed by atoms with E-state index in [1.165, 1.54) is 12.0 Å². The second-order valence-corrected chi connectivity index (χ2v) is 5.01. The van der Waals surface area contributed by atoms with Crippen molar-refractivity contribution in [2.45, 2.75) is 19.3 Å². The maximum Gasteiger partial charge on any atom is 0.316 e. The summed E-state index contributed by atoms with van der Waals surface area (Å²) in [7, 11) is 1.34. The fourth-order valence-electron chi connectivity index (χ4n) is 2.42. The van der Waals surface area contributed by atoms with E-state index in [0.717, 1.165) is 5.56 Å². The number of carbonyl (C=O) groups is 3. The van der Waals surface area contributed by atoms with E-state index in [0.29, 0.717) is 18.7 Å². The molecular formula is C15H17NO5. The highest BCUT2D eigenvalue weighted by Gasteiger charge is 2.37. The van der Waals surface area contributed by atoms with Gasteiger partial charge in [-0.2, -0.15) is 0 Å². The summed E-state index contributed by atoms with van der Waals surface area (Å²) < 4.78 is 4.69. The molecule has 2 unspecified atom stereocenters.